The van der Waals surface area contributed by atoms with Gasteiger partial charge in [-0.15, -0.1) is 0 Å². The van der Waals surface area contributed by atoms with Crippen molar-refractivity contribution >= 4 is 35.6 Å². The molecule has 5 atom stereocenters. The van der Waals surface area contributed by atoms with Crippen LogP contribution in [0.1, 0.15) is 26.3 Å². The van der Waals surface area contributed by atoms with Crippen LogP contribution >= 0.6 is 0 Å². The molecule has 1 aromatic carbocycles. The van der Waals surface area contributed by atoms with E-state index >= 15 is 0 Å². The molecule has 1 saturated heterocycles. The number of hydrogen-bond donors (Lipinski definition) is 2. The van der Waals surface area contributed by atoms with Crippen LogP contribution in [-0.4, -0.2) is 73.4 Å². The van der Waals surface area contributed by atoms with Gasteiger partial charge in [0.1, 0.15) is 5.75 Å². The predicted molar refractivity (Wildman–Crippen MR) is 115 cm³/mol. The van der Waals surface area contributed by atoms with Crippen molar-refractivity contribution < 1.29 is 52.7 Å². The number of ether oxygens (including phenoxy) is 6. The lowest BCUT2D eigenvalue weighted by Crippen LogP contribution is -2.64. The van der Waals surface area contributed by atoms with E-state index in [0.29, 0.717) is 5.56 Å². The fourth-order valence-electron chi connectivity index (χ4n) is 3.27. The first kappa shape index (κ1) is 26.6. The third-order valence-corrected chi connectivity index (χ3v) is 4.53. The highest BCUT2D eigenvalue weighted by Crippen LogP contribution is 2.33. The molecule has 1 aliphatic rings. The summed E-state index contributed by atoms with van der Waals surface area (Å²) < 4.78 is 32.0. The van der Waals surface area contributed by atoms with Gasteiger partial charge in [-0.1, -0.05) is 18.2 Å². The minimum atomic E-state index is -1.58. The lowest BCUT2D eigenvalue weighted by molar-refractivity contribution is -0.282. The van der Waals surface area contributed by atoms with Crippen molar-refractivity contribution in [3.63, 3.8) is 0 Å². The molecule has 186 valence electrons. The third kappa shape index (κ3) is 6.93. The first-order chi connectivity index (χ1) is 16.1. The Morgan fingerprint density at radius 3 is 2.12 bits per heavy atom. The molecule has 1 heterocycles. The van der Waals surface area contributed by atoms with E-state index in [2.05, 4.69) is 0 Å². The number of anilines is 1. The molecule has 1 aliphatic heterocycles. The van der Waals surface area contributed by atoms with E-state index in [1.807, 2.05) is 0 Å². The topological polar surface area (TPSA) is 170 Å². The Morgan fingerprint density at radius 1 is 1.00 bits per heavy atom. The van der Waals surface area contributed by atoms with Crippen LogP contribution in [0.25, 0.3) is 6.08 Å². The van der Waals surface area contributed by atoms with Crippen LogP contribution in [0.2, 0.25) is 0 Å². The van der Waals surface area contributed by atoms with Crippen molar-refractivity contribution in [1.29, 1.82) is 0 Å². The summed E-state index contributed by atoms with van der Waals surface area (Å²) in [6, 6.07) is 4.67. The van der Waals surface area contributed by atoms with E-state index in [1.54, 1.807) is 18.2 Å². The zero-order valence-corrected chi connectivity index (χ0v) is 19.1. The molecule has 2 rings (SSSR count). The van der Waals surface area contributed by atoms with Gasteiger partial charge < -0.3 is 39.3 Å². The summed E-state index contributed by atoms with van der Waals surface area (Å²) in [7, 11) is 1.09. The molecule has 34 heavy (non-hydrogen) atoms. The summed E-state index contributed by atoms with van der Waals surface area (Å²) in [6.07, 6.45) is -4.36. The van der Waals surface area contributed by atoms with Gasteiger partial charge in [-0.3, -0.25) is 14.4 Å². The van der Waals surface area contributed by atoms with Crippen LogP contribution < -0.4 is 10.5 Å². The SMILES string of the molecule is COC(=O)[C@H]1O[C@@H](Oc2ccc(/C=C/CO)cc2N)C(OC(C)=O)C(OC(C)=O)C1OC(C)=O. The molecule has 0 radical (unpaired) electrons. The molecule has 0 spiro atoms. The molecular formula is C22H27NO11. The van der Waals surface area contributed by atoms with E-state index in [9.17, 15) is 19.2 Å². The smallest absolute Gasteiger partial charge is 0.339 e. The Bertz CT molecular complexity index is 945. The number of carbonyl (C=O) groups is 4. The van der Waals surface area contributed by atoms with Crippen molar-refractivity contribution in [2.24, 2.45) is 0 Å². The van der Waals surface area contributed by atoms with E-state index < -0.39 is 54.6 Å². The highest BCUT2D eigenvalue weighted by Gasteiger charge is 2.55. The van der Waals surface area contributed by atoms with Crippen molar-refractivity contribution in [3.8, 4) is 5.75 Å². The molecule has 0 amide bonds. The predicted octanol–water partition coefficient (Wildman–Crippen LogP) is 0.346. The van der Waals surface area contributed by atoms with E-state index in [4.69, 9.17) is 39.3 Å². The average molecular weight is 481 g/mol. The molecule has 1 aromatic rings. The fraction of sp³-hybridized carbons (Fsp3) is 0.455. The Morgan fingerprint density at radius 2 is 1.59 bits per heavy atom. The van der Waals surface area contributed by atoms with Crippen LogP contribution in [0.15, 0.2) is 24.3 Å². The Kier molecular flexibility index (Phi) is 9.39. The second-order valence-corrected chi connectivity index (χ2v) is 7.17. The monoisotopic (exact) mass is 481 g/mol. The molecule has 3 N–H and O–H groups in total. The number of aliphatic hydroxyl groups excluding tert-OH is 1. The summed E-state index contributed by atoms with van der Waals surface area (Å²) in [5.74, 6) is -3.25. The molecule has 0 aromatic heterocycles. The number of aliphatic hydroxyl groups is 1. The molecule has 0 saturated carbocycles. The van der Waals surface area contributed by atoms with Gasteiger partial charge in [0.05, 0.1) is 19.4 Å². The molecule has 3 unspecified atom stereocenters. The van der Waals surface area contributed by atoms with Crippen molar-refractivity contribution in [3.05, 3.63) is 29.8 Å². The number of nitrogen functional groups attached to an aromatic ring is 1. The second-order valence-electron chi connectivity index (χ2n) is 7.17. The maximum absolute atomic E-state index is 12.4. The van der Waals surface area contributed by atoms with Gasteiger partial charge in [0.2, 0.25) is 12.4 Å². The molecule has 0 bridgehead atoms. The molecule has 1 fully saturated rings. The van der Waals surface area contributed by atoms with Crippen molar-refractivity contribution in [2.45, 2.75) is 51.5 Å². The van der Waals surface area contributed by atoms with Crippen molar-refractivity contribution in [1.82, 2.24) is 0 Å². The van der Waals surface area contributed by atoms with E-state index in [1.165, 1.54) is 12.1 Å². The van der Waals surface area contributed by atoms with Gasteiger partial charge in [-0.2, -0.15) is 0 Å². The van der Waals surface area contributed by atoms with Crippen molar-refractivity contribution in [2.75, 3.05) is 19.5 Å². The first-order valence-electron chi connectivity index (χ1n) is 10.2. The number of methoxy groups -OCH3 is 1. The minimum Gasteiger partial charge on any atom is -0.467 e. The standard InChI is InChI=1S/C22H27NO11/c1-11(25)30-17-18(31-12(2)26)20(32-13(3)27)22(34-19(17)21(28)29-4)33-16-8-7-14(6-5-9-24)10-15(16)23/h5-8,10,17-20,22,24H,9,23H2,1-4H3/b6-5+/t17?,18?,19-,20?,22+/m0/s1. The molecule has 12 heteroatoms. The average Bonchev–Trinajstić information content (AvgIpc) is 2.76. The maximum atomic E-state index is 12.4. The first-order valence-corrected chi connectivity index (χ1v) is 10.2. The van der Waals surface area contributed by atoms with E-state index in [0.717, 1.165) is 27.9 Å². The normalized spacial score (nSPS) is 24.2. The Balaban J connectivity index is 2.49. The third-order valence-electron chi connectivity index (χ3n) is 4.53. The number of nitrogens with two attached hydrogens (primary N) is 1. The van der Waals surface area contributed by atoms with Gasteiger partial charge in [0, 0.05) is 20.8 Å². The molecule has 12 nitrogen and oxygen atoms in total. The van der Waals surface area contributed by atoms with Gasteiger partial charge in [0.15, 0.2) is 18.3 Å². The summed E-state index contributed by atoms with van der Waals surface area (Å²) in [5.41, 5.74) is 6.88. The second kappa shape index (κ2) is 12.0. The van der Waals surface area contributed by atoms with Crippen LogP contribution in [0, 0.1) is 0 Å². The highest BCUT2D eigenvalue weighted by atomic mass is 16.7. The number of hydrogen-bond acceptors (Lipinski definition) is 12. The van der Waals surface area contributed by atoms with Gasteiger partial charge in [0.25, 0.3) is 0 Å². The Hall–Kier alpha value is -3.64. The zero-order valence-electron chi connectivity index (χ0n) is 19.1. The zero-order chi connectivity index (χ0) is 25.4. The van der Waals surface area contributed by atoms with Gasteiger partial charge in [-0.05, 0) is 17.7 Å². The van der Waals surface area contributed by atoms with Crippen LogP contribution in [0.3, 0.4) is 0 Å². The van der Waals surface area contributed by atoms with Gasteiger partial charge in [-0.25, -0.2) is 4.79 Å². The fourth-order valence-corrected chi connectivity index (χ4v) is 3.27. The summed E-state index contributed by atoms with van der Waals surface area (Å²) in [6.45, 7) is 3.11. The maximum Gasteiger partial charge on any atom is 0.339 e. The summed E-state index contributed by atoms with van der Waals surface area (Å²) >= 11 is 0. The Labute approximate surface area is 195 Å². The van der Waals surface area contributed by atoms with Gasteiger partial charge >= 0.3 is 23.9 Å². The number of rotatable bonds is 8. The lowest BCUT2D eigenvalue weighted by atomic mass is 9.97. The lowest BCUT2D eigenvalue weighted by Gasteiger charge is -2.43. The van der Waals surface area contributed by atoms with Crippen LogP contribution in [0.5, 0.6) is 5.75 Å². The summed E-state index contributed by atoms with van der Waals surface area (Å²) in [4.78, 5) is 47.8. The van der Waals surface area contributed by atoms with Crippen LogP contribution in [0.4, 0.5) is 5.69 Å². The number of esters is 4. The van der Waals surface area contributed by atoms with E-state index in [-0.39, 0.29) is 18.0 Å². The largest absolute Gasteiger partial charge is 0.467 e. The number of benzene rings is 1. The quantitative estimate of drug-likeness (QED) is 0.297. The van der Waals surface area contributed by atoms with Crippen LogP contribution in [-0.2, 0) is 42.9 Å². The summed E-state index contributed by atoms with van der Waals surface area (Å²) in [5, 5.41) is 8.92. The highest BCUT2D eigenvalue weighted by molar-refractivity contribution is 5.77. The molecular weight excluding hydrogens is 454 g/mol. The number of carbonyl (C=O) groups excluding carboxylic acids is 4. The molecule has 0 aliphatic carbocycles. The minimum absolute atomic E-state index is 0.0967.